The van der Waals surface area contributed by atoms with Crippen molar-refractivity contribution in [3.63, 3.8) is 0 Å². The molecule has 4 rings (SSSR count). The van der Waals surface area contributed by atoms with Crippen LogP contribution in [0.25, 0.3) is 11.1 Å². The number of piperazine rings is 1. The van der Waals surface area contributed by atoms with Crippen molar-refractivity contribution >= 4 is 17.5 Å². The smallest absolute Gasteiger partial charge is 0.222 e. The van der Waals surface area contributed by atoms with Gasteiger partial charge in [0.05, 0.1) is 11.1 Å². The molecule has 2 aliphatic rings. The number of aromatic hydroxyl groups is 1. The summed E-state index contributed by atoms with van der Waals surface area (Å²) in [6.07, 6.45) is 6.14. The van der Waals surface area contributed by atoms with E-state index in [-0.39, 0.29) is 46.2 Å². The summed E-state index contributed by atoms with van der Waals surface area (Å²) in [7, 11) is 0. The molecule has 7 heteroatoms. The van der Waals surface area contributed by atoms with E-state index in [9.17, 15) is 9.90 Å². The third-order valence-corrected chi connectivity index (χ3v) is 6.06. The molecule has 0 aromatic heterocycles. The van der Waals surface area contributed by atoms with Gasteiger partial charge < -0.3 is 14.7 Å². The van der Waals surface area contributed by atoms with Gasteiger partial charge in [0.25, 0.3) is 0 Å². The summed E-state index contributed by atoms with van der Waals surface area (Å²) in [5.74, 6) is 1.96. The lowest BCUT2D eigenvalue weighted by atomic mass is 9.95. The highest BCUT2D eigenvalue weighted by Crippen LogP contribution is 2.43. The molecule has 2 heterocycles. The largest absolute Gasteiger partial charge is 0.507 e. The first kappa shape index (κ1) is 20.5. The Kier molecular flexibility index (Phi) is 5.59. The monoisotopic (exact) mass is 428 g/mol. The topological polar surface area (TPSA) is 53.0 Å². The Morgan fingerprint density at radius 1 is 1.40 bits per heavy atom. The Morgan fingerprint density at radius 3 is 2.90 bits per heavy atom. The third kappa shape index (κ3) is 3.49. The zero-order valence-electron chi connectivity index (χ0n) is 16.6. The fraction of sp³-hybridized carbons (Fsp3) is 0.348. The number of hydrogen-bond acceptors (Lipinski definition) is 4. The van der Waals surface area contributed by atoms with Crippen LogP contribution in [0.15, 0.2) is 24.3 Å². The summed E-state index contributed by atoms with van der Waals surface area (Å²) >= 11 is 6.26. The summed E-state index contributed by atoms with van der Waals surface area (Å²) in [6, 6.07) is 6.28. The van der Waals surface area contributed by atoms with Crippen molar-refractivity contribution in [1.29, 1.82) is 0 Å². The molecule has 1 fully saturated rings. The number of halogens is 2. The van der Waals surface area contributed by atoms with Crippen molar-refractivity contribution in [2.24, 2.45) is 0 Å². The van der Waals surface area contributed by atoms with E-state index in [1.807, 2.05) is 11.8 Å². The molecule has 30 heavy (non-hydrogen) atoms. The molecule has 2 aromatic carbocycles. The quantitative estimate of drug-likeness (QED) is 0.742. The number of ether oxygens (including phenoxy) is 1. The second kappa shape index (κ2) is 8.17. The number of fused-ring (bicyclic) bond motifs is 2. The molecule has 2 aromatic rings. The number of carbonyl (C=O) groups is 1. The van der Waals surface area contributed by atoms with Crippen LogP contribution in [0.1, 0.15) is 24.5 Å². The molecule has 1 saturated heterocycles. The number of phenols is 1. The summed E-state index contributed by atoms with van der Waals surface area (Å²) in [5.41, 5.74) is 1.16. The lowest BCUT2D eigenvalue weighted by Crippen LogP contribution is -2.55. The zero-order chi connectivity index (χ0) is 21.4. The fourth-order valence-electron chi connectivity index (χ4n) is 4.18. The van der Waals surface area contributed by atoms with Crippen LogP contribution in [-0.4, -0.2) is 53.1 Å². The first-order valence-electron chi connectivity index (χ1n) is 9.89. The van der Waals surface area contributed by atoms with Crippen LogP contribution < -0.4 is 4.74 Å². The minimum Gasteiger partial charge on any atom is -0.507 e. The minimum absolute atomic E-state index is 0.0347. The number of nitrogens with zero attached hydrogens (tertiary/aromatic N) is 2. The average molecular weight is 429 g/mol. The normalized spacial score (nSPS) is 18.6. The number of benzene rings is 2. The number of amides is 1. The van der Waals surface area contributed by atoms with Gasteiger partial charge in [-0.05, 0) is 18.2 Å². The highest BCUT2D eigenvalue weighted by Gasteiger charge is 2.34. The SMILES string of the molecule is C#Cc1cc2c(c(F)c1-c1c(O)cccc1Cl)OC[C@H]1CN(C(=O)CC)CCN1C2. The Hall–Kier alpha value is -2.75. The molecule has 1 atom stereocenters. The fourth-order valence-corrected chi connectivity index (χ4v) is 4.45. The molecule has 0 aliphatic carbocycles. The maximum atomic E-state index is 15.7. The van der Waals surface area contributed by atoms with Crippen molar-refractivity contribution in [2.75, 3.05) is 26.2 Å². The Balaban J connectivity index is 1.75. The molecule has 0 saturated carbocycles. The summed E-state index contributed by atoms with van der Waals surface area (Å²) in [5, 5.41) is 10.5. The van der Waals surface area contributed by atoms with Gasteiger partial charge in [0.2, 0.25) is 5.91 Å². The Labute approximate surface area is 180 Å². The molecular formula is C23H22ClFN2O3. The molecule has 0 bridgehead atoms. The second-order valence-electron chi connectivity index (χ2n) is 7.51. The van der Waals surface area contributed by atoms with Gasteiger partial charge in [-0.25, -0.2) is 4.39 Å². The van der Waals surface area contributed by atoms with Crippen molar-refractivity contribution in [2.45, 2.75) is 25.9 Å². The Bertz CT molecular complexity index is 1030. The van der Waals surface area contributed by atoms with E-state index < -0.39 is 5.82 Å². The number of rotatable bonds is 2. The maximum absolute atomic E-state index is 15.7. The lowest BCUT2D eigenvalue weighted by Gasteiger charge is -2.39. The van der Waals surface area contributed by atoms with E-state index in [0.29, 0.717) is 43.7 Å². The van der Waals surface area contributed by atoms with Gasteiger partial charge in [0, 0.05) is 54.9 Å². The molecule has 2 aliphatic heterocycles. The first-order valence-corrected chi connectivity index (χ1v) is 10.3. The van der Waals surface area contributed by atoms with Crippen LogP contribution in [0.2, 0.25) is 5.02 Å². The van der Waals surface area contributed by atoms with E-state index in [1.165, 1.54) is 6.07 Å². The zero-order valence-corrected chi connectivity index (χ0v) is 17.4. The second-order valence-corrected chi connectivity index (χ2v) is 7.92. The van der Waals surface area contributed by atoms with Gasteiger partial charge in [-0.1, -0.05) is 30.5 Å². The van der Waals surface area contributed by atoms with Gasteiger partial charge in [-0.3, -0.25) is 9.69 Å². The highest BCUT2D eigenvalue weighted by atomic mass is 35.5. The molecular weight excluding hydrogens is 407 g/mol. The molecule has 0 spiro atoms. The first-order chi connectivity index (χ1) is 14.4. The van der Waals surface area contributed by atoms with Gasteiger partial charge in [-0.15, -0.1) is 6.42 Å². The summed E-state index contributed by atoms with van der Waals surface area (Å²) < 4.78 is 21.6. The van der Waals surface area contributed by atoms with E-state index >= 15 is 4.39 Å². The number of phenolic OH excluding ortho intramolecular Hbond substituents is 1. The molecule has 1 N–H and O–H groups in total. The van der Waals surface area contributed by atoms with Crippen molar-refractivity contribution < 1.29 is 19.0 Å². The van der Waals surface area contributed by atoms with Crippen LogP contribution in [0, 0.1) is 18.2 Å². The molecule has 0 unspecified atom stereocenters. The summed E-state index contributed by atoms with van der Waals surface area (Å²) in [6.45, 7) is 4.42. The van der Waals surface area contributed by atoms with E-state index in [1.54, 1.807) is 18.2 Å². The molecule has 156 valence electrons. The third-order valence-electron chi connectivity index (χ3n) is 5.75. The highest BCUT2D eigenvalue weighted by molar-refractivity contribution is 6.33. The van der Waals surface area contributed by atoms with Gasteiger partial charge in [0.15, 0.2) is 11.6 Å². The predicted octanol–water partition coefficient (Wildman–Crippen LogP) is 3.65. The summed E-state index contributed by atoms with van der Waals surface area (Å²) in [4.78, 5) is 16.1. The Morgan fingerprint density at radius 2 is 2.20 bits per heavy atom. The number of hydrogen-bond donors (Lipinski definition) is 1. The van der Waals surface area contributed by atoms with Crippen molar-refractivity contribution in [3.8, 4) is 35.0 Å². The van der Waals surface area contributed by atoms with Crippen LogP contribution >= 0.6 is 11.6 Å². The lowest BCUT2D eigenvalue weighted by molar-refractivity contribution is -0.134. The maximum Gasteiger partial charge on any atom is 0.222 e. The van der Waals surface area contributed by atoms with Crippen molar-refractivity contribution in [3.05, 3.63) is 46.2 Å². The molecule has 0 radical (unpaired) electrons. The van der Waals surface area contributed by atoms with Crippen LogP contribution in [-0.2, 0) is 11.3 Å². The number of terminal acetylenes is 1. The van der Waals surface area contributed by atoms with Crippen LogP contribution in [0.3, 0.4) is 0 Å². The van der Waals surface area contributed by atoms with Gasteiger partial charge >= 0.3 is 0 Å². The van der Waals surface area contributed by atoms with Crippen LogP contribution in [0.4, 0.5) is 4.39 Å². The molecule has 5 nitrogen and oxygen atoms in total. The average Bonchev–Trinajstić information content (AvgIpc) is 2.93. The van der Waals surface area contributed by atoms with Gasteiger partial charge in [-0.2, -0.15) is 0 Å². The van der Waals surface area contributed by atoms with Gasteiger partial charge in [0.1, 0.15) is 12.4 Å². The van der Waals surface area contributed by atoms with Crippen molar-refractivity contribution in [1.82, 2.24) is 9.80 Å². The van der Waals surface area contributed by atoms with Crippen LogP contribution in [0.5, 0.6) is 11.5 Å². The predicted molar refractivity (Wildman–Crippen MR) is 113 cm³/mol. The van der Waals surface area contributed by atoms with E-state index in [4.69, 9.17) is 22.8 Å². The van der Waals surface area contributed by atoms with E-state index in [0.717, 1.165) is 0 Å². The standard InChI is InChI=1S/C23H22ClFN2O3/c1-3-14-10-15-11-26-8-9-27(19(29)4-2)12-16(26)13-30-23(15)22(25)20(14)21-17(24)6-5-7-18(21)28/h1,5-7,10,16,28H,4,8-9,11-13H2,2H3/t16-/m1/s1. The number of carbonyl (C=O) groups excluding carboxylic acids is 1. The minimum atomic E-state index is -0.634. The van der Waals surface area contributed by atoms with E-state index in [2.05, 4.69) is 10.8 Å². The molecule has 1 amide bonds.